The number of benzene rings is 1. The second-order valence-electron chi connectivity index (χ2n) is 7.18. The predicted octanol–water partition coefficient (Wildman–Crippen LogP) is 4.22. The molecule has 0 bridgehead atoms. The van der Waals surface area contributed by atoms with E-state index < -0.39 is 16.7 Å². The number of fused-ring (bicyclic) bond motifs is 1. The minimum Gasteiger partial charge on any atom is -0.365 e. The molecule has 0 aliphatic heterocycles. The average Bonchev–Trinajstić information content (AvgIpc) is 2.99. The highest BCUT2D eigenvalue weighted by Crippen LogP contribution is 2.40. The van der Waals surface area contributed by atoms with Crippen LogP contribution in [0.2, 0.25) is 0 Å². The van der Waals surface area contributed by atoms with Gasteiger partial charge in [-0.15, -0.1) is 11.3 Å². The number of nitrogens with zero attached hydrogens (tertiary/aromatic N) is 1. The monoisotopic (exact) mass is 401 g/mol. The van der Waals surface area contributed by atoms with Crippen LogP contribution in [0.5, 0.6) is 0 Å². The number of nitrogens with one attached hydrogen (secondary N) is 1. The highest BCUT2D eigenvalue weighted by molar-refractivity contribution is 7.17. The number of carbonyl (C=O) groups excluding carboxylic acids is 2. The molecule has 1 atom stereocenters. The van der Waals surface area contributed by atoms with Gasteiger partial charge in [0.2, 0.25) is 0 Å². The second-order valence-corrected chi connectivity index (χ2v) is 8.29. The second kappa shape index (κ2) is 8.10. The molecule has 3 rings (SSSR count). The average molecular weight is 401 g/mol. The van der Waals surface area contributed by atoms with Gasteiger partial charge < -0.3 is 11.1 Å². The summed E-state index contributed by atoms with van der Waals surface area (Å²) in [6, 6.07) is 4.32. The first-order chi connectivity index (χ1) is 13.3. The molecule has 0 saturated carbocycles. The SMILES string of the molecule is CCC[C@@H]1CCc2c(sc(NC(=O)c3ccc(C)c([N+](=O)[O-])c3)c2C(N)=O)C1. The van der Waals surface area contributed by atoms with Crippen LogP contribution in [0, 0.1) is 23.0 Å². The molecule has 1 aliphatic carbocycles. The van der Waals surface area contributed by atoms with E-state index in [2.05, 4.69) is 12.2 Å². The number of nitro groups is 1. The van der Waals surface area contributed by atoms with Crippen LogP contribution in [0.3, 0.4) is 0 Å². The van der Waals surface area contributed by atoms with E-state index >= 15 is 0 Å². The maximum atomic E-state index is 12.7. The third-order valence-corrected chi connectivity index (χ3v) is 6.38. The van der Waals surface area contributed by atoms with E-state index in [1.54, 1.807) is 6.92 Å². The predicted molar refractivity (Wildman–Crippen MR) is 109 cm³/mol. The zero-order valence-electron chi connectivity index (χ0n) is 15.9. The van der Waals surface area contributed by atoms with Crippen molar-refractivity contribution in [3.63, 3.8) is 0 Å². The number of hydrogen-bond acceptors (Lipinski definition) is 5. The molecule has 1 aromatic heterocycles. The molecule has 2 aromatic rings. The number of carbonyl (C=O) groups is 2. The standard InChI is InChI=1S/C20H23N3O4S/c1-3-4-12-6-8-14-16(9-12)28-20(17(14)18(21)24)22-19(25)13-7-5-11(2)15(10-13)23(26)27/h5,7,10,12H,3-4,6,8-9H2,1-2H3,(H2,21,24)(H,22,25)/t12-/m1/s1. The highest BCUT2D eigenvalue weighted by atomic mass is 32.1. The first kappa shape index (κ1) is 20.0. The summed E-state index contributed by atoms with van der Waals surface area (Å²) in [5.41, 5.74) is 7.45. The van der Waals surface area contributed by atoms with Gasteiger partial charge in [-0.05, 0) is 43.7 Å². The summed E-state index contributed by atoms with van der Waals surface area (Å²) < 4.78 is 0. The number of aryl methyl sites for hydroxylation is 1. The minimum atomic E-state index is -0.559. The van der Waals surface area contributed by atoms with Crippen LogP contribution in [-0.2, 0) is 12.8 Å². The fourth-order valence-electron chi connectivity index (χ4n) is 3.78. The maximum absolute atomic E-state index is 12.7. The van der Waals surface area contributed by atoms with Crippen LogP contribution < -0.4 is 11.1 Å². The quantitative estimate of drug-likeness (QED) is 0.557. The van der Waals surface area contributed by atoms with Crippen LogP contribution >= 0.6 is 11.3 Å². The Bertz CT molecular complexity index is 951. The van der Waals surface area contributed by atoms with Crippen molar-refractivity contribution in [3.05, 3.63) is 55.4 Å². The van der Waals surface area contributed by atoms with E-state index in [4.69, 9.17) is 5.73 Å². The Balaban J connectivity index is 1.90. The summed E-state index contributed by atoms with van der Waals surface area (Å²) >= 11 is 1.39. The topological polar surface area (TPSA) is 115 Å². The lowest BCUT2D eigenvalue weighted by molar-refractivity contribution is -0.385. The number of anilines is 1. The van der Waals surface area contributed by atoms with Crippen molar-refractivity contribution in [3.8, 4) is 0 Å². The van der Waals surface area contributed by atoms with Crippen LogP contribution in [-0.4, -0.2) is 16.7 Å². The van der Waals surface area contributed by atoms with Crippen molar-refractivity contribution < 1.29 is 14.5 Å². The lowest BCUT2D eigenvalue weighted by atomic mass is 9.84. The summed E-state index contributed by atoms with van der Waals surface area (Å²) in [5, 5.41) is 14.3. The first-order valence-electron chi connectivity index (χ1n) is 9.32. The number of rotatable bonds is 6. The molecule has 1 aliphatic rings. The lowest BCUT2D eigenvalue weighted by Crippen LogP contribution is -2.20. The van der Waals surface area contributed by atoms with Gasteiger partial charge >= 0.3 is 0 Å². The Kier molecular flexibility index (Phi) is 5.79. The molecule has 0 radical (unpaired) electrons. The van der Waals surface area contributed by atoms with Gasteiger partial charge in [-0.3, -0.25) is 19.7 Å². The van der Waals surface area contributed by atoms with Gasteiger partial charge in [-0.2, -0.15) is 0 Å². The van der Waals surface area contributed by atoms with Crippen molar-refractivity contribution in [2.75, 3.05) is 5.32 Å². The zero-order valence-corrected chi connectivity index (χ0v) is 16.7. The summed E-state index contributed by atoms with van der Waals surface area (Å²) in [6.45, 7) is 3.77. The van der Waals surface area contributed by atoms with Crippen LogP contribution in [0.25, 0.3) is 0 Å². The molecular formula is C20H23N3O4S. The molecule has 2 amide bonds. The van der Waals surface area contributed by atoms with Crippen molar-refractivity contribution >= 4 is 33.8 Å². The lowest BCUT2D eigenvalue weighted by Gasteiger charge is -2.21. The summed E-state index contributed by atoms with van der Waals surface area (Å²) in [7, 11) is 0. The molecule has 1 aromatic carbocycles. The smallest absolute Gasteiger partial charge is 0.273 e. The van der Waals surface area contributed by atoms with Crippen molar-refractivity contribution in [1.82, 2.24) is 0 Å². The fourth-order valence-corrected chi connectivity index (χ4v) is 5.14. The Labute approximate surface area is 167 Å². The van der Waals surface area contributed by atoms with Crippen molar-refractivity contribution in [2.24, 2.45) is 11.7 Å². The molecule has 8 heteroatoms. The van der Waals surface area contributed by atoms with E-state index in [0.29, 0.717) is 22.0 Å². The van der Waals surface area contributed by atoms with E-state index in [-0.39, 0.29) is 11.3 Å². The molecular weight excluding hydrogens is 378 g/mol. The Morgan fingerprint density at radius 2 is 2.14 bits per heavy atom. The molecule has 3 N–H and O–H groups in total. The number of nitro benzene ring substituents is 1. The molecule has 7 nitrogen and oxygen atoms in total. The fraction of sp³-hybridized carbons (Fsp3) is 0.400. The molecule has 1 heterocycles. The number of thiophene rings is 1. The highest BCUT2D eigenvalue weighted by Gasteiger charge is 2.28. The molecule has 28 heavy (non-hydrogen) atoms. The summed E-state index contributed by atoms with van der Waals surface area (Å²) in [5.74, 6) is -0.467. The van der Waals surface area contributed by atoms with Crippen molar-refractivity contribution in [1.29, 1.82) is 0 Å². The zero-order chi connectivity index (χ0) is 20.4. The number of nitrogens with two attached hydrogens (primary N) is 1. The van der Waals surface area contributed by atoms with Crippen LogP contribution in [0.1, 0.15) is 62.9 Å². The molecule has 0 spiro atoms. The van der Waals surface area contributed by atoms with Crippen LogP contribution in [0.15, 0.2) is 18.2 Å². The summed E-state index contributed by atoms with van der Waals surface area (Å²) in [6.07, 6.45) is 4.93. The van der Waals surface area contributed by atoms with E-state index in [1.165, 1.54) is 29.5 Å². The van der Waals surface area contributed by atoms with Gasteiger partial charge in [0.25, 0.3) is 17.5 Å². The Morgan fingerprint density at radius 3 is 2.79 bits per heavy atom. The molecule has 0 saturated heterocycles. The Morgan fingerprint density at radius 1 is 1.39 bits per heavy atom. The number of amides is 2. The van der Waals surface area contributed by atoms with Gasteiger partial charge in [0.1, 0.15) is 5.00 Å². The van der Waals surface area contributed by atoms with Gasteiger partial charge in [0.15, 0.2) is 0 Å². The van der Waals surface area contributed by atoms with Gasteiger partial charge in [0.05, 0.1) is 10.5 Å². The third kappa shape index (κ3) is 3.91. The Hall–Kier alpha value is -2.74. The number of primary amides is 1. The first-order valence-corrected chi connectivity index (χ1v) is 10.1. The van der Waals surface area contributed by atoms with E-state index in [9.17, 15) is 19.7 Å². The maximum Gasteiger partial charge on any atom is 0.273 e. The van der Waals surface area contributed by atoms with E-state index in [0.717, 1.165) is 42.5 Å². The van der Waals surface area contributed by atoms with Crippen molar-refractivity contribution in [2.45, 2.75) is 46.0 Å². The van der Waals surface area contributed by atoms with Crippen LogP contribution in [0.4, 0.5) is 10.7 Å². The third-order valence-electron chi connectivity index (χ3n) is 5.21. The van der Waals surface area contributed by atoms with E-state index in [1.807, 2.05) is 0 Å². The number of hydrogen-bond donors (Lipinski definition) is 2. The normalized spacial score (nSPS) is 15.7. The van der Waals surface area contributed by atoms with Gasteiger partial charge in [0, 0.05) is 22.1 Å². The molecule has 0 fully saturated rings. The largest absolute Gasteiger partial charge is 0.365 e. The summed E-state index contributed by atoms with van der Waals surface area (Å²) in [4.78, 5) is 36.4. The van der Waals surface area contributed by atoms with Gasteiger partial charge in [-0.1, -0.05) is 25.8 Å². The minimum absolute atomic E-state index is 0.115. The molecule has 148 valence electrons. The van der Waals surface area contributed by atoms with Gasteiger partial charge in [-0.25, -0.2) is 0 Å². The molecule has 0 unspecified atom stereocenters.